The number of hydrogen-bond donors (Lipinski definition) is 2. The van der Waals surface area contributed by atoms with Crippen molar-refractivity contribution >= 4 is 35.0 Å². The van der Waals surface area contributed by atoms with E-state index in [-0.39, 0.29) is 17.6 Å². The van der Waals surface area contributed by atoms with Crippen LogP contribution in [0.15, 0.2) is 54.7 Å². The van der Waals surface area contributed by atoms with Gasteiger partial charge in [-0.3, -0.25) is 14.6 Å². The lowest BCUT2D eigenvalue weighted by molar-refractivity contribution is 0.0932. The summed E-state index contributed by atoms with van der Waals surface area (Å²) in [5, 5.41) is 3.86. The number of ether oxygens (including phenoxy) is 1. The second-order valence-electron chi connectivity index (χ2n) is 7.67. The van der Waals surface area contributed by atoms with Crippen LogP contribution in [0.2, 0.25) is 10.0 Å². The highest BCUT2D eigenvalue weighted by Gasteiger charge is 2.21. The van der Waals surface area contributed by atoms with Crippen molar-refractivity contribution in [2.24, 2.45) is 5.73 Å². The van der Waals surface area contributed by atoms with E-state index in [9.17, 15) is 9.59 Å². The first kappa shape index (κ1) is 22.1. The van der Waals surface area contributed by atoms with Crippen molar-refractivity contribution in [2.45, 2.75) is 31.9 Å². The standard InChI is InChI=1S/C24H21Cl2N3O3/c25-20-6-3-16(12-21(20)26)24(31)29-18-4-1-15-2-5-19(11-17(15)10-18)32-13-14-7-8-28-22(9-14)23(27)30/h2-3,5-9,11-12,18H,1,4,10,13H2,(H2,27,30)(H,29,31). The average Bonchev–Trinajstić information content (AvgIpc) is 2.79. The highest BCUT2D eigenvalue weighted by atomic mass is 35.5. The van der Waals surface area contributed by atoms with E-state index in [2.05, 4.69) is 16.4 Å². The van der Waals surface area contributed by atoms with Gasteiger partial charge in [0.05, 0.1) is 10.0 Å². The number of nitrogens with zero attached hydrogens (tertiary/aromatic N) is 1. The Labute approximate surface area is 195 Å². The van der Waals surface area contributed by atoms with Crippen molar-refractivity contribution in [3.05, 3.63) is 92.7 Å². The molecular weight excluding hydrogens is 449 g/mol. The molecule has 1 unspecified atom stereocenters. The number of amides is 2. The van der Waals surface area contributed by atoms with Crippen LogP contribution in [0.4, 0.5) is 0 Å². The summed E-state index contributed by atoms with van der Waals surface area (Å²) in [7, 11) is 0. The first-order valence-electron chi connectivity index (χ1n) is 10.1. The summed E-state index contributed by atoms with van der Waals surface area (Å²) >= 11 is 12.0. The van der Waals surface area contributed by atoms with Crippen molar-refractivity contribution in [1.29, 1.82) is 0 Å². The molecule has 1 aromatic heterocycles. The SMILES string of the molecule is NC(=O)c1cc(COc2ccc3c(c2)CC(NC(=O)c2ccc(Cl)c(Cl)c2)CC3)ccn1. The van der Waals surface area contributed by atoms with Gasteiger partial charge >= 0.3 is 0 Å². The monoisotopic (exact) mass is 469 g/mol. The minimum absolute atomic E-state index is 0.0121. The molecular formula is C24H21Cl2N3O3. The zero-order chi connectivity index (χ0) is 22.7. The van der Waals surface area contributed by atoms with Crippen LogP contribution < -0.4 is 15.8 Å². The third-order valence-electron chi connectivity index (χ3n) is 5.41. The van der Waals surface area contributed by atoms with E-state index in [0.29, 0.717) is 28.6 Å². The van der Waals surface area contributed by atoms with Gasteiger partial charge in [-0.05, 0) is 78.4 Å². The maximum absolute atomic E-state index is 12.6. The lowest BCUT2D eigenvalue weighted by atomic mass is 9.88. The van der Waals surface area contributed by atoms with E-state index < -0.39 is 5.91 Å². The molecule has 0 saturated heterocycles. The summed E-state index contributed by atoms with van der Waals surface area (Å²) in [5.41, 5.74) is 9.16. The Morgan fingerprint density at radius 3 is 2.69 bits per heavy atom. The molecule has 3 aromatic rings. The number of nitrogens with one attached hydrogen (secondary N) is 1. The molecule has 1 atom stereocenters. The molecule has 8 heteroatoms. The van der Waals surface area contributed by atoms with Gasteiger partial charge < -0.3 is 15.8 Å². The number of benzene rings is 2. The molecule has 1 aliphatic carbocycles. The topological polar surface area (TPSA) is 94.3 Å². The number of carbonyl (C=O) groups is 2. The predicted molar refractivity (Wildman–Crippen MR) is 123 cm³/mol. The Kier molecular flexibility index (Phi) is 6.63. The van der Waals surface area contributed by atoms with Crippen molar-refractivity contribution < 1.29 is 14.3 Å². The van der Waals surface area contributed by atoms with E-state index in [4.69, 9.17) is 33.7 Å². The summed E-state index contributed by atoms with van der Waals surface area (Å²) < 4.78 is 5.91. The lowest BCUT2D eigenvalue weighted by Crippen LogP contribution is -2.38. The second-order valence-corrected chi connectivity index (χ2v) is 8.49. The molecule has 2 aromatic carbocycles. The molecule has 0 spiro atoms. The highest BCUT2D eigenvalue weighted by Crippen LogP contribution is 2.27. The predicted octanol–water partition coefficient (Wildman–Crippen LogP) is 4.35. The number of hydrogen-bond acceptors (Lipinski definition) is 4. The Hall–Kier alpha value is -3.09. The number of carbonyl (C=O) groups excluding carboxylic acids is 2. The smallest absolute Gasteiger partial charge is 0.267 e. The molecule has 0 fully saturated rings. The molecule has 0 aliphatic heterocycles. The maximum Gasteiger partial charge on any atom is 0.267 e. The van der Waals surface area contributed by atoms with Gasteiger partial charge in [0.2, 0.25) is 0 Å². The first-order valence-corrected chi connectivity index (χ1v) is 10.9. The van der Waals surface area contributed by atoms with Crippen molar-refractivity contribution in [3.63, 3.8) is 0 Å². The molecule has 32 heavy (non-hydrogen) atoms. The molecule has 1 heterocycles. The Bertz CT molecular complexity index is 1180. The number of halogens is 2. The van der Waals surface area contributed by atoms with Gasteiger partial charge in [-0.15, -0.1) is 0 Å². The van der Waals surface area contributed by atoms with Gasteiger partial charge in [-0.25, -0.2) is 0 Å². The summed E-state index contributed by atoms with van der Waals surface area (Å²) in [6.07, 6.45) is 3.97. The lowest BCUT2D eigenvalue weighted by Gasteiger charge is -2.26. The Morgan fingerprint density at radius 2 is 1.91 bits per heavy atom. The van der Waals surface area contributed by atoms with Crippen molar-refractivity contribution in [2.75, 3.05) is 0 Å². The number of fused-ring (bicyclic) bond motifs is 1. The van der Waals surface area contributed by atoms with E-state index in [1.165, 1.54) is 11.8 Å². The largest absolute Gasteiger partial charge is 0.489 e. The van der Waals surface area contributed by atoms with Gasteiger partial charge in [0.25, 0.3) is 11.8 Å². The maximum atomic E-state index is 12.6. The highest BCUT2D eigenvalue weighted by molar-refractivity contribution is 6.42. The molecule has 6 nitrogen and oxygen atoms in total. The fourth-order valence-corrected chi connectivity index (χ4v) is 4.02. The van der Waals surface area contributed by atoms with Gasteiger partial charge in [0.15, 0.2) is 0 Å². The van der Waals surface area contributed by atoms with E-state index >= 15 is 0 Å². The van der Waals surface area contributed by atoms with Crippen molar-refractivity contribution in [1.82, 2.24) is 10.3 Å². The van der Waals surface area contributed by atoms with Crippen LogP contribution in [-0.2, 0) is 19.4 Å². The number of pyridine rings is 1. The van der Waals surface area contributed by atoms with Crippen LogP contribution >= 0.6 is 23.2 Å². The minimum atomic E-state index is -0.574. The fourth-order valence-electron chi connectivity index (χ4n) is 3.72. The molecule has 0 radical (unpaired) electrons. The first-order chi connectivity index (χ1) is 15.4. The fraction of sp³-hybridized carbons (Fsp3) is 0.208. The number of rotatable bonds is 6. The molecule has 0 saturated carbocycles. The normalized spacial score (nSPS) is 15.0. The molecule has 1 aliphatic rings. The summed E-state index contributed by atoms with van der Waals surface area (Å²) in [6, 6.07) is 14.3. The zero-order valence-corrected chi connectivity index (χ0v) is 18.6. The summed E-state index contributed by atoms with van der Waals surface area (Å²) in [6.45, 7) is 0.291. The Balaban J connectivity index is 1.40. The van der Waals surface area contributed by atoms with E-state index in [1.54, 1.807) is 30.3 Å². The number of primary amides is 1. The Morgan fingerprint density at radius 1 is 1.06 bits per heavy atom. The van der Waals surface area contributed by atoms with Crippen molar-refractivity contribution in [3.8, 4) is 5.75 Å². The molecule has 2 amide bonds. The second kappa shape index (κ2) is 9.59. The zero-order valence-electron chi connectivity index (χ0n) is 17.1. The summed E-state index contributed by atoms with van der Waals surface area (Å²) in [4.78, 5) is 27.8. The van der Waals surface area contributed by atoms with Crippen LogP contribution in [0, 0.1) is 0 Å². The summed E-state index contributed by atoms with van der Waals surface area (Å²) in [5.74, 6) is -0.0281. The molecule has 0 bridgehead atoms. The van der Waals surface area contributed by atoms with Gasteiger partial charge in [0, 0.05) is 17.8 Å². The quantitative estimate of drug-likeness (QED) is 0.560. The third-order valence-corrected chi connectivity index (χ3v) is 6.14. The van der Waals surface area contributed by atoms with Crippen LogP contribution in [0.25, 0.3) is 0 Å². The van der Waals surface area contributed by atoms with Gasteiger partial charge in [-0.2, -0.15) is 0 Å². The van der Waals surface area contributed by atoms with Crippen LogP contribution in [0.1, 0.15) is 44.0 Å². The van der Waals surface area contributed by atoms with Crippen LogP contribution in [0.3, 0.4) is 0 Å². The average molecular weight is 470 g/mol. The third kappa shape index (κ3) is 5.21. The molecule has 3 N–H and O–H groups in total. The van der Waals surface area contributed by atoms with Crippen LogP contribution in [-0.4, -0.2) is 22.8 Å². The number of aromatic nitrogens is 1. The minimum Gasteiger partial charge on any atom is -0.489 e. The number of aryl methyl sites for hydroxylation is 1. The van der Waals surface area contributed by atoms with E-state index in [0.717, 1.165) is 29.7 Å². The number of nitrogens with two attached hydrogens (primary N) is 1. The molecule has 4 rings (SSSR count). The molecule has 164 valence electrons. The van der Waals surface area contributed by atoms with Gasteiger partial charge in [0.1, 0.15) is 18.1 Å². The van der Waals surface area contributed by atoms with Gasteiger partial charge in [-0.1, -0.05) is 29.3 Å². The van der Waals surface area contributed by atoms with E-state index in [1.807, 2.05) is 12.1 Å². The van der Waals surface area contributed by atoms with Crippen LogP contribution in [0.5, 0.6) is 5.75 Å².